The van der Waals surface area contributed by atoms with Crippen LogP contribution in [0.15, 0.2) is 46.2 Å². The van der Waals surface area contributed by atoms with Crippen molar-refractivity contribution in [3.05, 3.63) is 57.8 Å². The van der Waals surface area contributed by atoms with E-state index < -0.39 is 0 Å². The second kappa shape index (κ2) is 8.25. The first-order valence-corrected chi connectivity index (χ1v) is 7.59. The van der Waals surface area contributed by atoms with Gasteiger partial charge in [-0.2, -0.15) is 0 Å². The SMILES string of the molecule is CN(C)Cc1cc(F)ccc1Sc1ccc(Cl)cc1Cl.Cl. The van der Waals surface area contributed by atoms with E-state index >= 15 is 0 Å². The average Bonchev–Trinajstić information content (AvgIpc) is 2.34. The van der Waals surface area contributed by atoms with Gasteiger partial charge < -0.3 is 4.90 Å². The number of hydrogen-bond donors (Lipinski definition) is 0. The van der Waals surface area contributed by atoms with Crippen LogP contribution in [-0.4, -0.2) is 19.0 Å². The zero-order valence-corrected chi connectivity index (χ0v) is 14.7. The third-order valence-electron chi connectivity index (χ3n) is 2.62. The predicted octanol–water partition coefficient (Wildman–Crippen LogP) is 5.77. The Hall–Kier alpha value is -0.450. The lowest BCUT2D eigenvalue weighted by Gasteiger charge is -2.14. The summed E-state index contributed by atoms with van der Waals surface area (Å²) in [7, 11) is 3.91. The van der Waals surface area contributed by atoms with Gasteiger partial charge in [-0.1, -0.05) is 35.0 Å². The van der Waals surface area contributed by atoms with Crippen LogP contribution in [0, 0.1) is 5.82 Å². The molecule has 2 rings (SSSR count). The fraction of sp³-hybridized carbons (Fsp3) is 0.200. The van der Waals surface area contributed by atoms with Crippen molar-refractivity contribution in [2.24, 2.45) is 0 Å². The van der Waals surface area contributed by atoms with Crippen molar-refractivity contribution >= 4 is 47.4 Å². The van der Waals surface area contributed by atoms with E-state index in [0.717, 1.165) is 15.4 Å². The quantitative estimate of drug-likeness (QED) is 0.676. The highest BCUT2D eigenvalue weighted by Gasteiger charge is 2.10. The fourth-order valence-corrected chi connectivity index (χ4v) is 3.23. The molecule has 2 aromatic carbocycles. The number of benzene rings is 2. The lowest BCUT2D eigenvalue weighted by molar-refractivity contribution is 0.398. The van der Waals surface area contributed by atoms with E-state index in [1.165, 1.54) is 17.8 Å². The number of rotatable bonds is 4. The van der Waals surface area contributed by atoms with E-state index in [-0.39, 0.29) is 18.2 Å². The molecule has 0 amide bonds. The molecule has 0 saturated heterocycles. The van der Waals surface area contributed by atoms with Gasteiger partial charge in [0.1, 0.15) is 5.82 Å². The van der Waals surface area contributed by atoms with Crippen molar-refractivity contribution in [2.75, 3.05) is 14.1 Å². The monoisotopic (exact) mass is 365 g/mol. The molecule has 1 nitrogen and oxygen atoms in total. The minimum Gasteiger partial charge on any atom is -0.305 e. The smallest absolute Gasteiger partial charge is 0.123 e. The lowest BCUT2D eigenvalue weighted by Crippen LogP contribution is -2.11. The highest BCUT2D eigenvalue weighted by atomic mass is 35.5. The third-order valence-corrected chi connectivity index (χ3v) is 4.48. The van der Waals surface area contributed by atoms with Crippen LogP contribution in [0.4, 0.5) is 4.39 Å². The van der Waals surface area contributed by atoms with Crippen LogP contribution in [-0.2, 0) is 6.54 Å². The topological polar surface area (TPSA) is 3.24 Å². The van der Waals surface area contributed by atoms with Gasteiger partial charge in [0.25, 0.3) is 0 Å². The van der Waals surface area contributed by atoms with E-state index in [1.807, 2.05) is 25.1 Å². The largest absolute Gasteiger partial charge is 0.305 e. The molecule has 2 aromatic rings. The molecule has 0 spiro atoms. The summed E-state index contributed by atoms with van der Waals surface area (Å²) in [6, 6.07) is 10.2. The average molecular weight is 367 g/mol. The summed E-state index contributed by atoms with van der Waals surface area (Å²) in [6.45, 7) is 0.672. The van der Waals surface area contributed by atoms with Gasteiger partial charge >= 0.3 is 0 Å². The Morgan fingerprint density at radius 2 is 1.71 bits per heavy atom. The Kier molecular flexibility index (Phi) is 7.31. The van der Waals surface area contributed by atoms with Crippen molar-refractivity contribution in [2.45, 2.75) is 16.3 Å². The van der Waals surface area contributed by atoms with Crippen molar-refractivity contribution in [1.82, 2.24) is 4.90 Å². The first kappa shape index (κ1) is 18.6. The van der Waals surface area contributed by atoms with E-state index in [2.05, 4.69) is 0 Å². The zero-order valence-electron chi connectivity index (χ0n) is 11.6. The van der Waals surface area contributed by atoms with E-state index in [0.29, 0.717) is 16.6 Å². The van der Waals surface area contributed by atoms with Gasteiger partial charge in [0.2, 0.25) is 0 Å². The molecule has 0 unspecified atom stereocenters. The molecule has 21 heavy (non-hydrogen) atoms. The van der Waals surface area contributed by atoms with Crippen LogP contribution >= 0.6 is 47.4 Å². The van der Waals surface area contributed by atoms with E-state index in [4.69, 9.17) is 23.2 Å². The number of halogens is 4. The van der Waals surface area contributed by atoms with Crippen molar-refractivity contribution < 1.29 is 4.39 Å². The maximum Gasteiger partial charge on any atom is 0.123 e. The summed E-state index contributed by atoms with van der Waals surface area (Å²) in [5.74, 6) is -0.228. The molecule has 0 aliphatic carbocycles. The Labute approximate surface area is 144 Å². The van der Waals surface area contributed by atoms with Gasteiger partial charge in [-0.3, -0.25) is 0 Å². The summed E-state index contributed by atoms with van der Waals surface area (Å²) in [5, 5.41) is 1.20. The third kappa shape index (κ3) is 5.35. The second-order valence-corrected chi connectivity index (χ2v) is 6.59. The molecular formula is C15H15Cl3FNS. The normalized spacial score (nSPS) is 10.6. The molecule has 0 aromatic heterocycles. The van der Waals surface area contributed by atoms with Gasteiger partial charge in [-0.05, 0) is 56.1 Å². The number of nitrogens with zero attached hydrogens (tertiary/aromatic N) is 1. The summed E-state index contributed by atoms with van der Waals surface area (Å²) < 4.78 is 13.4. The van der Waals surface area contributed by atoms with Gasteiger partial charge in [-0.25, -0.2) is 4.39 Å². The van der Waals surface area contributed by atoms with Crippen molar-refractivity contribution in [3.8, 4) is 0 Å². The maximum atomic E-state index is 13.4. The number of hydrogen-bond acceptors (Lipinski definition) is 2. The molecule has 0 aliphatic rings. The first-order chi connectivity index (χ1) is 9.45. The molecule has 0 atom stereocenters. The Morgan fingerprint density at radius 1 is 1.05 bits per heavy atom. The summed E-state index contributed by atoms with van der Waals surface area (Å²) in [5.41, 5.74) is 0.936. The van der Waals surface area contributed by atoms with Gasteiger partial charge in [-0.15, -0.1) is 12.4 Å². The van der Waals surface area contributed by atoms with Crippen LogP contribution in [0.2, 0.25) is 10.0 Å². The first-order valence-electron chi connectivity index (χ1n) is 6.02. The molecule has 0 N–H and O–H groups in total. The van der Waals surface area contributed by atoms with Crippen molar-refractivity contribution in [3.63, 3.8) is 0 Å². The highest BCUT2D eigenvalue weighted by Crippen LogP contribution is 2.36. The van der Waals surface area contributed by atoms with Crippen LogP contribution in [0.25, 0.3) is 0 Å². The van der Waals surface area contributed by atoms with Gasteiger partial charge in [0.05, 0.1) is 5.02 Å². The molecular weight excluding hydrogens is 352 g/mol. The minimum atomic E-state index is -0.228. The van der Waals surface area contributed by atoms with Gasteiger partial charge in [0, 0.05) is 21.4 Å². The second-order valence-electron chi connectivity index (χ2n) is 4.67. The van der Waals surface area contributed by atoms with Crippen LogP contribution < -0.4 is 0 Å². The van der Waals surface area contributed by atoms with Crippen molar-refractivity contribution in [1.29, 1.82) is 0 Å². The fourth-order valence-electron chi connectivity index (χ4n) is 1.79. The van der Waals surface area contributed by atoms with Gasteiger partial charge in [0.15, 0.2) is 0 Å². The molecule has 0 aliphatic heterocycles. The summed E-state index contributed by atoms with van der Waals surface area (Å²) in [6.07, 6.45) is 0. The predicted molar refractivity (Wildman–Crippen MR) is 91.6 cm³/mol. The molecule has 0 saturated carbocycles. The Bertz CT molecular complexity index is 620. The maximum absolute atomic E-state index is 13.4. The lowest BCUT2D eigenvalue weighted by atomic mass is 10.2. The van der Waals surface area contributed by atoms with E-state index in [1.54, 1.807) is 24.3 Å². The van der Waals surface area contributed by atoms with Crippen LogP contribution in [0.5, 0.6) is 0 Å². The van der Waals surface area contributed by atoms with Crippen LogP contribution in [0.3, 0.4) is 0 Å². The molecule has 6 heteroatoms. The summed E-state index contributed by atoms with van der Waals surface area (Å²) in [4.78, 5) is 3.90. The zero-order chi connectivity index (χ0) is 14.7. The molecule has 0 bridgehead atoms. The van der Waals surface area contributed by atoms with E-state index in [9.17, 15) is 4.39 Å². The minimum absolute atomic E-state index is 0. The standard InChI is InChI=1S/C15H14Cl2FNS.ClH/c1-19(2)9-10-7-12(18)4-6-14(10)20-15-5-3-11(16)8-13(15)17;/h3-8H,9H2,1-2H3;1H. The Balaban J connectivity index is 0.00000220. The highest BCUT2D eigenvalue weighted by molar-refractivity contribution is 7.99. The molecule has 0 fully saturated rings. The summed E-state index contributed by atoms with van der Waals surface area (Å²) >= 11 is 13.6. The molecule has 0 heterocycles. The molecule has 114 valence electrons. The molecule has 0 radical (unpaired) electrons. The Morgan fingerprint density at radius 3 is 2.33 bits per heavy atom. The van der Waals surface area contributed by atoms with Crippen LogP contribution in [0.1, 0.15) is 5.56 Å².